The molecule has 0 radical (unpaired) electrons. The van der Waals surface area contributed by atoms with E-state index in [1.807, 2.05) is 6.07 Å². The Bertz CT molecular complexity index is 431. The molecule has 2 N–H and O–H groups in total. The summed E-state index contributed by atoms with van der Waals surface area (Å²) in [6, 6.07) is 5.32. The van der Waals surface area contributed by atoms with Crippen LogP contribution in [-0.2, 0) is 16.0 Å². The highest BCUT2D eigenvalue weighted by Crippen LogP contribution is 2.21. The van der Waals surface area contributed by atoms with Crippen molar-refractivity contribution in [3.8, 4) is 0 Å². The van der Waals surface area contributed by atoms with Gasteiger partial charge in [0.2, 0.25) is 5.91 Å². The van der Waals surface area contributed by atoms with Crippen LogP contribution < -0.4 is 10.6 Å². The summed E-state index contributed by atoms with van der Waals surface area (Å²) in [6.45, 7) is 2.80. The molecule has 7 heteroatoms. The number of methoxy groups -OCH3 is 1. The molecule has 1 aromatic carbocycles. The number of aryl methyl sites for hydroxylation is 1. The van der Waals surface area contributed by atoms with Gasteiger partial charge < -0.3 is 15.4 Å². The zero-order valence-electron chi connectivity index (χ0n) is 12.0. The maximum atomic E-state index is 11.7. The number of hydrogen-bond donors (Lipinski definition) is 2. The lowest BCUT2D eigenvalue weighted by Gasteiger charge is -2.07. The van der Waals surface area contributed by atoms with Gasteiger partial charge in [-0.3, -0.25) is 4.79 Å². The molecule has 0 saturated heterocycles. The van der Waals surface area contributed by atoms with E-state index in [9.17, 15) is 4.79 Å². The Morgan fingerprint density at radius 1 is 1.24 bits per heavy atom. The van der Waals surface area contributed by atoms with E-state index in [-0.39, 0.29) is 18.3 Å². The molecule has 0 heterocycles. The molecule has 0 bridgehead atoms. The van der Waals surface area contributed by atoms with E-state index in [0.717, 1.165) is 18.7 Å². The highest BCUT2D eigenvalue weighted by atomic mass is 35.5. The average molecular weight is 356 g/mol. The van der Waals surface area contributed by atoms with Crippen molar-refractivity contribution in [2.24, 2.45) is 0 Å². The van der Waals surface area contributed by atoms with E-state index in [0.29, 0.717) is 36.0 Å². The molecule has 0 fully saturated rings. The zero-order valence-corrected chi connectivity index (χ0v) is 14.3. The number of amides is 1. The predicted molar refractivity (Wildman–Crippen MR) is 89.8 cm³/mol. The lowest BCUT2D eigenvalue weighted by atomic mass is 10.1. The molecule has 1 amide bonds. The largest absolute Gasteiger partial charge is 0.383 e. The Kier molecular flexibility index (Phi) is 11.8. The third kappa shape index (κ3) is 9.17. The molecule has 4 nitrogen and oxygen atoms in total. The minimum absolute atomic E-state index is 0. The predicted octanol–water partition coefficient (Wildman–Crippen LogP) is 2.70. The number of rotatable bonds is 9. The second-order valence-electron chi connectivity index (χ2n) is 4.33. The fourth-order valence-corrected chi connectivity index (χ4v) is 2.15. The number of nitrogens with one attached hydrogen (secondary N) is 2. The van der Waals surface area contributed by atoms with E-state index in [4.69, 9.17) is 27.9 Å². The van der Waals surface area contributed by atoms with Crippen molar-refractivity contribution in [1.29, 1.82) is 0 Å². The van der Waals surface area contributed by atoms with Crippen molar-refractivity contribution in [2.75, 3.05) is 33.4 Å². The first-order chi connectivity index (χ1) is 9.63. The number of hydrogen-bond acceptors (Lipinski definition) is 3. The smallest absolute Gasteiger partial charge is 0.220 e. The molecule has 1 rings (SSSR count). The molecule has 0 aliphatic rings. The highest BCUT2D eigenvalue weighted by Gasteiger charge is 2.05. The molecule has 0 unspecified atom stereocenters. The Labute approximate surface area is 141 Å². The van der Waals surface area contributed by atoms with Crippen LogP contribution in [0.15, 0.2) is 18.2 Å². The van der Waals surface area contributed by atoms with Crippen LogP contribution in [0.25, 0.3) is 0 Å². The highest BCUT2D eigenvalue weighted by molar-refractivity contribution is 6.35. The average Bonchev–Trinajstić information content (AvgIpc) is 2.41. The van der Waals surface area contributed by atoms with Crippen LogP contribution in [0.1, 0.15) is 12.0 Å². The minimum Gasteiger partial charge on any atom is -0.383 e. The summed E-state index contributed by atoms with van der Waals surface area (Å²) in [7, 11) is 1.66. The lowest BCUT2D eigenvalue weighted by molar-refractivity contribution is -0.121. The maximum Gasteiger partial charge on any atom is 0.220 e. The first-order valence-electron chi connectivity index (χ1n) is 6.53. The molecular weight excluding hydrogens is 335 g/mol. The molecular formula is C14H21Cl3N2O2. The monoisotopic (exact) mass is 354 g/mol. The van der Waals surface area contributed by atoms with Gasteiger partial charge in [-0.05, 0) is 24.1 Å². The first kappa shape index (κ1) is 20.5. The summed E-state index contributed by atoms with van der Waals surface area (Å²) in [6.07, 6.45) is 1.03. The van der Waals surface area contributed by atoms with Gasteiger partial charge in [-0.25, -0.2) is 0 Å². The molecule has 0 saturated carbocycles. The van der Waals surface area contributed by atoms with Gasteiger partial charge in [-0.2, -0.15) is 0 Å². The van der Waals surface area contributed by atoms with E-state index >= 15 is 0 Å². The van der Waals surface area contributed by atoms with Crippen LogP contribution in [0, 0.1) is 0 Å². The second kappa shape index (κ2) is 12.1. The van der Waals surface area contributed by atoms with Crippen molar-refractivity contribution in [3.05, 3.63) is 33.8 Å². The Hall–Kier alpha value is -0.520. The van der Waals surface area contributed by atoms with E-state index < -0.39 is 0 Å². The summed E-state index contributed by atoms with van der Waals surface area (Å²) in [4.78, 5) is 11.7. The second-order valence-corrected chi connectivity index (χ2v) is 5.17. The number of ether oxygens (including phenoxy) is 1. The maximum absolute atomic E-state index is 11.7. The van der Waals surface area contributed by atoms with Crippen molar-refractivity contribution >= 4 is 41.5 Å². The van der Waals surface area contributed by atoms with Gasteiger partial charge >= 0.3 is 0 Å². The number of carbonyl (C=O) groups is 1. The zero-order chi connectivity index (χ0) is 14.8. The Balaban J connectivity index is 0.00000400. The number of halogens is 3. The standard InChI is InChI=1S/C14H20Cl2N2O2.ClH/c1-20-9-8-17-6-7-18-14(19)5-3-11-2-4-12(15)10-13(11)16;/h2,4,10,17H,3,5-9H2,1H3,(H,18,19);1H. The molecule has 0 aromatic heterocycles. The SMILES string of the molecule is COCCNCCNC(=O)CCc1ccc(Cl)cc1Cl.Cl. The summed E-state index contributed by atoms with van der Waals surface area (Å²) in [5, 5.41) is 7.21. The van der Waals surface area contributed by atoms with Gasteiger partial charge in [0.15, 0.2) is 0 Å². The minimum atomic E-state index is 0. The van der Waals surface area contributed by atoms with E-state index in [1.54, 1.807) is 19.2 Å². The quantitative estimate of drug-likeness (QED) is 0.670. The molecule has 21 heavy (non-hydrogen) atoms. The molecule has 1 aromatic rings. The van der Waals surface area contributed by atoms with E-state index in [2.05, 4.69) is 10.6 Å². The third-order valence-corrected chi connectivity index (χ3v) is 3.33. The lowest BCUT2D eigenvalue weighted by Crippen LogP contribution is -2.33. The number of carbonyl (C=O) groups excluding carboxylic acids is 1. The number of benzene rings is 1. The molecule has 120 valence electrons. The normalized spacial score (nSPS) is 10.0. The van der Waals surface area contributed by atoms with Gasteiger partial charge in [0.1, 0.15) is 0 Å². The van der Waals surface area contributed by atoms with Crippen molar-refractivity contribution in [2.45, 2.75) is 12.8 Å². The van der Waals surface area contributed by atoms with Crippen LogP contribution in [0.3, 0.4) is 0 Å². The summed E-state index contributed by atoms with van der Waals surface area (Å²) in [5.41, 5.74) is 0.935. The van der Waals surface area contributed by atoms with E-state index in [1.165, 1.54) is 0 Å². The summed E-state index contributed by atoms with van der Waals surface area (Å²) >= 11 is 11.9. The fourth-order valence-electron chi connectivity index (χ4n) is 1.65. The molecule has 0 aliphatic carbocycles. The van der Waals surface area contributed by atoms with Gasteiger partial charge in [0.25, 0.3) is 0 Å². The van der Waals surface area contributed by atoms with Crippen LogP contribution in [0.2, 0.25) is 10.0 Å². The van der Waals surface area contributed by atoms with Gasteiger partial charge in [-0.15, -0.1) is 12.4 Å². The molecule has 0 spiro atoms. The van der Waals surface area contributed by atoms with Crippen molar-refractivity contribution in [3.63, 3.8) is 0 Å². The molecule has 0 atom stereocenters. The van der Waals surface area contributed by atoms with Crippen LogP contribution >= 0.6 is 35.6 Å². The molecule has 0 aliphatic heterocycles. The van der Waals surface area contributed by atoms with Gasteiger partial charge in [0, 0.05) is 43.2 Å². The topological polar surface area (TPSA) is 50.4 Å². The fraction of sp³-hybridized carbons (Fsp3) is 0.500. The van der Waals surface area contributed by atoms with Crippen molar-refractivity contribution in [1.82, 2.24) is 10.6 Å². The van der Waals surface area contributed by atoms with Gasteiger partial charge in [0.05, 0.1) is 6.61 Å². The van der Waals surface area contributed by atoms with Crippen LogP contribution in [0.5, 0.6) is 0 Å². The van der Waals surface area contributed by atoms with Crippen molar-refractivity contribution < 1.29 is 9.53 Å². The Morgan fingerprint density at radius 3 is 2.67 bits per heavy atom. The van der Waals surface area contributed by atoms with Crippen LogP contribution in [-0.4, -0.2) is 39.3 Å². The van der Waals surface area contributed by atoms with Crippen LogP contribution in [0.4, 0.5) is 0 Å². The first-order valence-corrected chi connectivity index (χ1v) is 7.29. The summed E-state index contributed by atoms with van der Waals surface area (Å²) in [5.74, 6) is 0.0181. The third-order valence-electron chi connectivity index (χ3n) is 2.74. The van der Waals surface area contributed by atoms with Gasteiger partial charge in [-0.1, -0.05) is 29.3 Å². The summed E-state index contributed by atoms with van der Waals surface area (Å²) < 4.78 is 4.90. The Morgan fingerprint density at radius 2 is 2.00 bits per heavy atom.